The molecular weight excluding hydrogens is 360 g/mol. The average molecular weight is 403 g/mol. The van der Waals surface area contributed by atoms with E-state index in [1.165, 1.54) is 51.4 Å². The number of hydrogen-bond donors (Lipinski definition) is 2. The van der Waals surface area contributed by atoms with Crippen molar-refractivity contribution in [3.05, 3.63) is 0 Å². The summed E-state index contributed by atoms with van der Waals surface area (Å²) in [5, 5.41) is 19.5. The van der Waals surface area contributed by atoms with E-state index in [0.717, 1.165) is 25.7 Å². The summed E-state index contributed by atoms with van der Waals surface area (Å²) >= 11 is 0. The largest absolute Gasteiger partial charge is 0.464 e. The Labute approximate surface area is 171 Å². The summed E-state index contributed by atoms with van der Waals surface area (Å²) in [7, 11) is 0. The van der Waals surface area contributed by atoms with Gasteiger partial charge in [0.15, 0.2) is 12.2 Å². The molecule has 0 bridgehead atoms. The fourth-order valence-corrected chi connectivity index (χ4v) is 2.89. The molecule has 0 fully saturated rings. The maximum Gasteiger partial charge on any atom is 0.338 e. The molecule has 2 unspecified atom stereocenters. The Kier molecular flexibility index (Phi) is 18.4. The molecule has 28 heavy (non-hydrogen) atoms. The zero-order chi connectivity index (χ0) is 21.0. The molecule has 0 aliphatic heterocycles. The minimum Gasteiger partial charge on any atom is -0.464 e. The summed E-state index contributed by atoms with van der Waals surface area (Å²) in [5.74, 6) is -1.96. The molecule has 0 amide bonds. The highest BCUT2D eigenvalue weighted by Gasteiger charge is 2.32. The van der Waals surface area contributed by atoms with Crippen LogP contribution >= 0.6 is 0 Å². The number of aliphatic hydroxyl groups excluding tert-OH is 2. The van der Waals surface area contributed by atoms with Crippen molar-refractivity contribution in [2.24, 2.45) is 0 Å². The lowest BCUT2D eigenvalue weighted by Crippen LogP contribution is -2.41. The molecule has 0 radical (unpaired) electrons. The van der Waals surface area contributed by atoms with E-state index in [1.807, 2.05) is 0 Å². The van der Waals surface area contributed by atoms with Gasteiger partial charge in [0.2, 0.25) is 0 Å². The standard InChI is InChI=1S/C22H42O6/c1-3-5-7-9-11-13-15-17-27-21(25)19(23)20(24)22(26)28-18-16-14-12-10-8-6-4-2/h19-20,23-24H,3-18H2,1-2H3. The van der Waals surface area contributed by atoms with E-state index >= 15 is 0 Å². The number of aliphatic hydroxyl groups is 2. The van der Waals surface area contributed by atoms with Gasteiger partial charge in [-0.15, -0.1) is 0 Å². The zero-order valence-corrected chi connectivity index (χ0v) is 18.0. The van der Waals surface area contributed by atoms with Gasteiger partial charge in [-0.3, -0.25) is 0 Å². The second-order valence-electron chi connectivity index (χ2n) is 7.47. The molecule has 0 aromatic carbocycles. The van der Waals surface area contributed by atoms with Gasteiger partial charge in [-0.2, -0.15) is 0 Å². The lowest BCUT2D eigenvalue weighted by atomic mass is 10.1. The normalized spacial score (nSPS) is 13.1. The number of carbonyl (C=O) groups is 2. The van der Waals surface area contributed by atoms with E-state index in [1.54, 1.807) is 0 Å². The van der Waals surface area contributed by atoms with Gasteiger partial charge in [0.25, 0.3) is 0 Å². The SMILES string of the molecule is CCCCCCCCCOC(=O)C(O)C(O)C(=O)OCCCCCCCCC. The van der Waals surface area contributed by atoms with Crippen molar-refractivity contribution in [3.8, 4) is 0 Å². The Bertz CT molecular complexity index is 349. The van der Waals surface area contributed by atoms with Gasteiger partial charge in [0.1, 0.15) is 0 Å². The molecule has 0 rings (SSSR count). The Balaban J connectivity index is 3.73. The van der Waals surface area contributed by atoms with E-state index in [0.29, 0.717) is 12.8 Å². The van der Waals surface area contributed by atoms with Crippen molar-refractivity contribution < 1.29 is 29.3 Å². The number of rotatable bonds is 19. The minimum atomic E-state index is -1.90. The smallest absolute Gasteiger partial charge is 0.338 e. The van der Waals surface area contributed by atoms with Crippen LogP contribution in [-0.4, -0.2) is 47.6 Å². The monoisotopic (exact) mass is 402 g/mol. The molecule has 6 nitrogen and oxygen atoms in total. The van der Waals surface area contributed by atoms with Crippen LogP contribution in [0.3, 0.4) is 0 Å². The molecular formula is C22H42O6. The Morgan fingerprint density at radius 3 is 1.18 bits per heavy atom. The van der Waals surface area contributed by atoms with Crippen molar-refractivity contribution in [2.45, 2.75) is 116 Å². The van der Waals surface area contributed by atoms with Crippen LogP contribution in [0.25, 0.3) is 0 Å². The highest BCUT2D eigenvalue weighted by atomic mass is 16.6. The first-order chi connectivity index (χ1) is 13.5. The Hall–Kier alpha value is -1.14. The average Bonchev–Trinajstić information content (AvgIpc) is 2.70. The van der Waals surface area contributed by atoms with Gasteiger partial charge < -0.3 is 19.7 Å². The number of unbranched alkanes of at least 4 members (excludes halogenated alkanes) is 12. The summed E-state index contributed by atoms with van der Waals surface area (Å²) < 4.78 is 9.87. The fourth-order valence-electron chi connectivity index (χ4n) is 2.89. The molecule has 2 N–H and O–H groups in total. The van der Waals surface area contributed by atoms with Gasteiger partial charge in [0.05, 0.1) is 13.2 Å². The molecule has 0 saturated carbocycles. The predicted molar refractivity (Wildman–Crippen MR) is 110 cm³/mol. The number of carbonyl (C=O) groups excluding carboxylic acids is 2. The Morgan fingerprint density at radius 1 is 0.571 bits per heavy atom. The van der Waals surface area contributed by atoms with Crippen LogP contribution in [0.15, 0.2) is 0 Å². The van der Waals surface area contributed by atoms with Crippen LogP contribution in [0.2, 0.25) is 0 Å². The minimum absolute atomic E-state index is 0.184. The topological polar surface area (TPSA) is 93.1 Å². The zero-order valence-electron chi connectivity index (χ0n) is 18.0. The van der Waals surface area contributed by atoms with E-state index < -0.39 is 24.1 Å². The molecule has 2 atom stereocenters. The third kappa shape index (κ3) is 14.9. The van der Waals surface area contributed by atoms with Crippen LogP contribution in [0.4, 0.5) is 0 Å². The van der Waals surface area contributed by atoms with Gasteiger partial charge in [-0.25, -0.2) is 9.59 Å². The second-order valence-corrected chi connectivity index (χ2v) is 7.47. The number of ether oxygens (including phenoxy) is 2. The predicted octanol–water partition coefficient (Wildman–Crippen LogP) is 4.30. The van der Waals surface area contributed by atoms with Crippen LogP contribution in [-0.2, 0) is 19.1 Å². The van der Waals surface area contributed by atoms with Gasteiger partial charge in [0, 0.05) is 0 Å². The fraction of sp³-hybridized carbons (Fsp3) is 0.909. The van der Waals surface area contributed by atoms with Crippen molar-refractivity contribution in [2.75, 3.05) is 13.2 Å². The molecule has 6 heteroatoms. The van der Waals surface area contributed by atoms with Crippen molar-refractivity contribution in [1.82, 2.24) is 0 Å². The number of hydrogen-bond acceptors (Lipinski definition) is 6. The van der Waals surface area contributed by atoms with Gasteiger partial charge in [-0.05, 0) is 12.8 Å². The molecule has 0 aromatic heterocycles. The van der Waals surface area contributed by atoms with Crippen LogP contribution < -0.4 is 0 Å². The maximum absolute atomic E-state index is 11.7. The molecule has 0 aromatic rings. The summed E-state index contributed by atoms with van der Waals surface area (Å²) in [6.45, 7) is 4.71. The first-order valence-electron chi connectivity index (χ1n) is 11.2. The maximum atomic E-state index is 11.7. The highest BCUT2D eigenvalue weighted by Crippen LogP contribution is 2.09. The molecule has 0 spiro atoms. The summed E-state index contributed by atoms with van der Waals surface area (Å²) in [6, 6.07) is 0. The van der Waals surface area contributed by atoms with E-state index in [2.05, 4.69) is 13.8 Å². The third-order valence-corrected chi connectivity index (χ3v) is 4.77. The Morgan fingerprint density at radius 2 is 0.857 bits per heavy atom. The summed E-state index contributed by atoms with van der Waals surface area (Å²) in [4.78, 5) is 23.4. The van der Waals surface area contributed by atoms with Crippen molar-refractivity contribution >= 4 is 11.9 Å². The van der Waals surface area contributed by atoms with E-state index in [4.69, 9.17) is 9.47 Å². The van der Waals surface area contributed by atoms with E-state index in [9.17, 15) is 19.8 Å². The number of esters is 2. The molecule has 0 saturated heterocycles. The molecule has 166 valence electrons. The van der Waals surface area contributed by atoms with Crippen molar-refractivity contribution in [1.29, 1.82) is 0 Å². The van der Waals surface area contributed by atoms with Crippen LogP contribution in [0, 0.1) is 0 Å². The first kappa shape index (κ1) is 26.9. The second kappa shape index (κ2) is 19.2. The summed E-state index contributed by atoms with van der Waals surface area (Å²) in [5.41, 5.74) is 0. The van der Waals surface area contributed by atoms with E-state index in [-0.39, 0.29) is 13.2 Å². The lowest BCUT2D eigenvalue weighted by Gasteiger charge is -2.16. The lowest BCUT2D eigenvalue weighted by molar-refractivity contribution is -0.173. The first-order valence-corrected chi connectivity index (χ1v) is 11.2. The van der Waals surface area contributed by atoms with Gasteiger partial charge in [-0.1, -0.05) is 90.9 Å². The van der Waals surface area contributed by atoms with Gasteiger partial charge >= 0.3 is 11.9 Å². The molecule has 0 heterocycles. The quantitative estimate of drug-likeness (QED) is 0.247. The molecule has 0 aliphatic carbocycles. The van der Waals surface area contributed by atoms with Crippen LogP contribution in [0.5, 0.6) is 0 Å². The third-order valence-electron chi connectivity index (χ3n) is 4.77. The summed E-state index contributed by atoms with van der Waals surface area (Å²) in [6.07, 6.45) is 11.4. The van der Waals surface area contributed by atoms with Crippen LogP contribution in [0.1, 0.15) is 104 Å². The highest BCUT2D eigenvalue weighted by molar-refractivity contribution is 5.85. The molecule has 0 aliphatic rings. The van der Waals surface area contributed by atoms with Crippen molar-refractivity contribution in [3.63, 3.8) is 0 Å².